The number of aliphatic hydroxyl groups is 1. The smallest absolute Gasteiger partial charge is 0.145 e. The van der Waals surface area contributed by atoms with E-state index in [2.05, 4.69) is 20.3 Å². The first-order chi connectivity index (χ1) is 8.67. The van der Waals surface area contributed by atoms with Crippen LogP contribution in [0.3, 0.4) is 0 Å². The van der Waals surface area contributed by atoms with Gasteiger partial charge < -0.3 is 15.4 Å². The van der Waals surface area contributed by atoms with E-state index in [0.29, 0.717) is 23.7 Å². The highest BCUT2D eigenvalue weighted by Crippen LogP contribution is 2.38. The van der Waals surface area contributed by atoms with Gasteiger partial charge in [-0.15, -0.1) is 0 Å². The van der Waals surface area contributed by atoms with Crippen LogP contribution in [-0.4, -0.2) is 33.3 Å². The molecule has 0 radical (unpaired) electrons. The van der Waals surface area contributed by atoms with Gasteiger partial charge in [0.1, 0.15) is 17.5 Å². The largest absolute Gasteiger partial charge is 0.393 e. The minimum Gasteiger partial charge on any atom is -0.393 e. The molecule has 6 heteroatoms. The Bertz CT molecular complexity index is 438. The third-order valence-electron chi connectivity index (χ3n) is 3.95. The summed E-state index contributed by atoms with van der Waals surface area (Å²) in [5.41, 5.74) is 2.58. The molecule has 98 valence electrons. The maximum atomic E-state index is 9.82. The number of nitrogens with two attached hydrogens (primary N) is 1. The molecule has 1 aromatic rings. The van der Waals surface area contributed by atoms with E-state index in [9.17, 15) is 5.11 Å². The Kier molecular flexibility index (Phi) is 2.83. The molecule has 2 aliphatic heterocycles. The molecule has 0 saturated carbocycles. The number of anilines is 2. The Hall–Kier alpha value is -1.40. The Morgan fingerprint density at radius 3 is 2.61 bits per heavy atom. The molecule has 2 saturated heterocycles. The van der Waals surface area contributed by atoms with Gasteiger partial charge in [-0.3, -0.25) is 0 Å². The summed E-state index contributed by atoms with van der Waals surface area (Å²) in [6.07, 6.45) is 3.79. The summed E-state index contributed by atoms with van der Waals surface area (Å²) in [5.74, 6) is 7.71. The SMILES string of the molecule is Cc1nc(NN)cc(N2C3CCC2CC(O)C3)n1. The van der Waals surface area contributed by atoms with Gasteiger partial charge in [0.05, 0.1) is 6.10 Å². The minimum absolute atomic E-state index is 0.159. The predicted octanol–water partition coefficient (Wildman–Crippen LogP) is 0.563. The van der Waals surface area contributed by atoms with Gasteiger partial charge in [-0.1, -0.05) is 0 Å². The third kappa shape index (κ3) is 1.91. The summed E-state index contributed by atoms with van der Waals surface area (Å²) < 4.78 is 0. The Labute approximate surface area is 106 Å². The monoisotopic (exact) mass is 249 g/mol. The third-order valence-corrected chi connectivity index (χ3v) is 3.95. The van der Waals surface area contributed by atoms with Crippen LogP contribution in [0.25, 0.3) is 0 Å². The molecule has 6 nitrogen and oxygen atoms in total. The number of hydrazine groups is 1. The van der Waals surface area contributed by atoms with Crippen LogP contribution in [0, 0.1) is 6.92 Å². The van der Waals surface area contributed by atoms with Crippen LogP contribution in [0.4, 0.5) is 11.6 Å². The first-order valence-electron chi connectivity index (χ1n) is 6.46. The van der Waals surface area contributed by atoms with Crippen LogP contribution >= 0.6 is 0 Å². The lowest BCUT2D eigenvalue weighted by Gasteiger charge is -2.38. The van der Waals surface area contributed by atoms with Gasteiger partial charge in [0.25, 0.3) is 0 Å². The van der Waals surface area contributed by atoms with Crippen LogP contribution in [0.5, 0.6) is 0 Å². The lowest BCUT2D eigenvalue weighted by atomic mass is 10.00. The molecule has 0 aliphatic carbocycles. The zero-order chi connectivity index (χ0) is 12.7. The fourth-order valence-corrected chi connectivity index (χ4v) is 3.28. The van der Waals surface area contributed by atoms with E-state index in [1.807, 2.05) is 13.0 Å². The molecule has 2 unspecified atom stereocenters. The minimum atomic E-state index is -0.159. The summed E-state index contributed by atoms with van der Waals surface area (Å²) in [6.45, 7) is 1.87. The number of piperidine rings is 1. The van der Waals surface area contributed by atoms with Crippen molar-refractivity contribution in [2.45, 2.75) is 50.8 Å². The highest BCUT2D eigenvalue weighted by molar-refractivity contribution is 5.51. The first kappa shape index (κ1) is 11.7. The van der Waals surface area contributed by atoms with Crippen LogP contribution in [0.2, 0.25) is 0 Å². The number of hydrogen-bond acceptors (Lipinski definition) is 6. The van der Waals surface area contributed by atoms with Crippen molar-refractivity contribution >= 4 is 11.6 Å². The predicted molar refractivity (Wildman–Crippen MR) is 69.1 cm³/mol. The van der Waals surface area contributed by atoms with Crippen molar-refractivity contribution in [2.24, 2.45) is 5.84 Å². The van der Waals surface area contributed by atoms with Crippen molar-refractivity contribution in [3.05, 3.63) is 11.9 Å². The summed E-state index contributed by atoms with van der Waals surface area (Å²) in [6, 6.07) is 2.69. The van der Waals surface area contributed by atoms with Crippen molar-refractivity contribution in [1.82, 2.24) is 9.97 Å². The number of aromatic nitrogens is 2. The standard InChI is InChI=1S/C12H19N5O/c1-7-14-11(16-13)6-12(15-7)17-8-2-3-9(17)5-10(18)4-8/h6,8-10,18H,2-5,13H2,1H3,(H,14,15,16). The van der Waals surface area contributed by atoms with E-state index >= 15 is 0 Å². The molecule has 0 spiro atoms. The molecule has 2 fully saturated rings. The molecule has 0 amide bonds. The summed E-state index contributed by atoms with van der Waals surface area (Å²) >= 11 is 0. The molecule has 4 N–H and O–H groups in total. The van der Waals surface area contributed by atoms with Crippen LogP contribution in [0.1, 0.15) is 31.5 Å². The second-order valence-corrected chi connectivity index (χ2v) is 5.22. The van der Waals surface area contributed by atoms with E-state index in [-0.39, 0.29) is 6.10 Å². The normalized spacial score (nSPS) is 30.6. The summed E-state index contributed by atoms with van der Waals surface area (Å²) in [7, 11) is 0. The molecule has 3 heterocycles. The van der Waals surface area contributed by atoms with Crippen molar-refractivity contribution in [1.29, 1.82) is 0 Å². The zero-order valence-electron chi connectivity index (χ0n) is 10.5. The van der Waals surface area contributed by atoms with Crippen LogP contribution in [-0.2, 0) is 0 Å². The van der Waals surface area contributed by atoms with Crippen LogP contribution < -0.4 is 16.2 Å². The number of nitrogens with one attached hydrogen (secondary N) is 1. The van der Waals surface area contributed by atoms with E-state index in [1.54, 1.807) is 0 Å². The molecular formula is C12H19N5O. The second-order valence-electron chi connectivity index (χ2n) is 5.22. The lowest BCUT2D eigenvalue weighted by Crippen LogP contribution is -2.45. The Morgan fingerprint density at radius 1 is 1.33 bits per heavy atom. The molecule has 3 rings (SSSR count). The number of aryl methyl sites for hydroxylation is 1. The van der Waals surface area contributed by atoms with Gasteiger partial charge in [0, 0.05) is 18.2 Å². The topological polar surface area (TPSA) is 87.3 Å². The molecule has 18 heavy (non-hydrogen) atoms. The van der Waals surface area contributed by atoms with Gasteiger partial charge in [-0.05, 0) is 32.6 Å². The van der Waals surface area contributed by atoms with Gasteiger partial charge in [-0.2, -0.15) is 0 Å². The highest BCUT2D eigenvalue weighted by atomic mass is 16.3. The van der Waals surface area contributed by atoms with Gasteiger partial charge in [0.2, 0.25) is 0 Å². The van der Waals surface area contributed by atoms with Gasteiger partial charge in [0.15, 0.2) is 0 Å². The first-order valence-corrected chi connectivity index (χ1v) is 6.46. The van der Waals surface area contributed by atoms with Crippen LogP contribution in [0.15, 0.2) is 6.07 Å². The van der Waals surface area contributed by atoms with E-state index < -0.39 is 0 Å². The van der Waals surface area contributed by atoms with E-state index in [4.69, 9.17) is 5.84 Å². The van der Waals surface area contributed by atoms with Gasteiger partial charge in [-0.25, -0.2) is 15.8 Å². The van der Waals surface area contributed by atoms with Crippen molar-refractivity contribution in [2.75, 3.05) is 10.3 Å². The lowest BCUT2D eigenvalue weighted by molar-refractivity contribution is 0.126. The molecule has 2 bridgehead atoms. The maximum absolute atomic E-state index is 9.82. The average molecular weight is 249 g/mol. The highest BCUT2D eigenvalue weighted by Gasteiger charge is 2.40. The molecule has 1 aromatic heterocycles. The van der Waals surface area contributed by atoms with E-state index in [0.717, 1.165) is 31.5 Å². The number of fused-ring (bicyclic) bond motifs is 2. The zero-order valence-corrected chi connectivity index (χ0v) is 10.5. The van der Waals surface area contributed by atoms with Crippen molar-refractivity contribution < 1.29 is 5.11 Å². The van der Waals surface area contributed by atoms with Crippen molar-refractivity contribution in [3.8, 4) is 0 Å². The fourth-order valence-electron chi connectivity index (χ4n) is 3.28. The van der Waals surface area contributed by atoms with E-state index in [1.165, 1.54) is 0 Å². The average Bonchev–Trinajstić information content (AvgIpc) is 2.61. The number of rotatable bonds is 2. The fraction of sp³-hybridized carbons (Fsp3) is 0.667. The number of nitrogen functional groups attached to an aromatic ring is 1. The summed E-state index contributed by atoms with van der Waals surface area (Å²) in [5, 5.41) is 9.82. The maximum Gasteiger partial charge on any atom is 0.145 e. The quantitative estimate of drug-likeness (QED) is 0.524. The Morgan fingerprint density at radius 2 is 2.00 bits per heavy atom. The number of hydrogen-bond donors (Lipinski definition) is 3. The molecule has 0 aromatic carbocycles. The summed E-state index contributed by atoms with van der Waals surface area (Å²) in [4.78, 5) is 11.1. The van der Waals surface area contributed by atoms with Gasteiger partial charge >= 0.3 is 0 Å². The number of nitrogens with zero attached hydrogens (tertiary/aromatic N) is 3. The molecule has 2 atom stereocenters. The molecule has 2 aliphatic rings. The second kappa shape index (κ2) is 4.37. The molecular weight excluding hydrogens is 230 g/mol. The van der Waals surface area contributed by atoms with Crippen molar-refractivity contribution in [3.63, 3.8) is 0 Å². The Balaban J connectivity index is 1.93. The number of aliphatic hydroxyl groups excluding tert-OH is 1.